The van der Waals surface area contributed by atoms with Crippen molar-refractivity contribution in [3.05, 3.63) is 23.8 Å². The highest BCUT2D eigenvalue weighted by Gasteiger charge is 2.08. The zero-order chi connectivity index (χ0) is 9.84. The Labute approximate surface area is 76.2 Å². The van der Waals surface area contributed by atoms with Crippen LogP contribution in [0, 0.1) is 0 Å². The number of hydrogen-bond donors (Lipinski definition) is 2. The highest BCUT2D eigenvalue weighted by atomic mass is 16.1. The quantitative estimate of drug-likeness (QED) is 0.683. The van der Waals surface area contributed by atoms with E-state index in [1.807, 2.05) is 6.92 Å². The molecule has 0 radical (unpaired) electrons. The summed E-state index contributed by atoms with van der Waals surface area (Å²) in [6.07, 6.45) is 2.24. The second kappa shape index (κ2) is 3.95. The van der Waals surface area contributed by atoms with Gasteiger partial charge < -0.3 is 11.5 Å². The number of carbonyl (C=O) groups excluding carboxylic acids is 1. The summed E-state index contributed by atoms with van der Waals surface area (Å²) in [5.74, 6) is -0.619. The number of carbonyl (C=O) groups is 1. The van der Waals surface area contributed by atoms with Gasteiger partial charge >= 0.3 is 0 Å². The number of nitrogens with zero attached hydrogens (tertiary/aromatic N) is 2. The third-order valence-corrected chi connectivity index (χ3v) is 1.72. The first kappa shape index (κ1) is 9.60. The van der Waals surface area contributed by atoms with E-state index in [1.165, 1.54) is 6.20 Å². The van der Waals surface area contributed by atoms with E-state index in [0.29, 0.717) is 5.69 Å². The summed E-state index contributed by atoms with van der Waals surface area (Å²) in [4.78, 5) is 18.4. The van der Waals surface area contributed by atoms with E-state index in [2.05, 4.69) is 9.97 Å². The molecule has 1 aromatic heterocycles. The molecule has 1 rings (SSSR count). The van der Waals surface area contributed by atoms with Crippen molar-refractivity contribution >= 4 is 5.91 Å². The lowest BCUT2D eigenvalue weighted by Crippen LogP contribution is -2.18. The van der Waals surface area contributed by atoms with Crippen LogP contribution in [0.2, 0.25) is 0 Å². The first-order chi connectivity index (χ1) is 6.15. The Bertz CT molecular complexity index is 313. The van der Waals surface area contributed by atoms with Gasteiger partial charge in [0, 0.05) is 12.2 Å². The monoisotopic (exact) mass is 180 g/mol. The maximum Gasteiger partial charge on any atom is 0.286 e. The summed E-state index contributed by atoms with van der Waals surface area (Å²) >= 11 is 0. The van der Waals surface area contributed by atoms with Crippen molar-refractivity contribution in [3.63, 3.8) is 0 Å². The number of primary amides is 1. The summed E-state index contributed by atoms with van der Waals surface area (Å²) in [5.41, 5.74) is 11.4. The molecule has 0 saturated carbocycles. The molecular formula is C8H12N4O. The van der Waals surface area contributed by atoms with E-state index in [4.69, 9.17) is 11.5 Å². The van der Waals surface area contributed by atoms with Gasteiger partial charge in [0.1, 0.15) is 0 Å². The maximum absolute atomic E-state index is 10.7. The van der Waals surface area contributed by atoms with Crippen LogP contribution in [0.3, 0.4) is 0 Å². The smallest absolute Gasteiger partial charge is 0.286 e. The zero-order valence-electron chi connectivity index (χ0n) is 7.40. The summed E-state index contributed by atoms with van der Waals surface area (Å²) in [6.45, 7) is 1.94. The third-order valence-electron chi connectivity index (χ3n) is 1.72. The SMILES string of the molecule is CCC(N)c1ccnc(C(N)=O)n1. The van der Waals surface area contributed by atoms with Gasteiger partial charge in [0.2, 0.25) is 5.82 Å². The lowest BCUT2D eigenvalue weighted by atomic mass is 10.1. The summed E-state index contributed by atoms with van der Waals surface area (Å²) < 4.78 is 0. The van der Waals surface area contributed by atoms with Gasteiger partial charge in [-0.05, 0) is 12.5 Å². The fourth-order valence-electron chi connectivity index (χ4n) is 0.907. The normalized spacial score (nSPS) is 12.5. The van der Waals surface area contributed by atoms with Crippen molar-refractivity contribution in [2.75, 3.05) is 0 Å². The Morgan fingerprint density at radius 1 is 1.69 bits per heavy atom. The van der Waals surface area contributed by atoms with Crippen LogP contribution in [0.1, 0.15) is 35.7 Å². The third kappa shape index (κ3) is 2.22. The molecule has 1 atom stereocenters. The molecule has 0 aromatic carbocycles. The Morgan fingerprint density at radius 3 is 2.92 bits per heavy atom. The second-order valence-electron chi connectivity index (χ2n) is 2.68. The summed E-state index contributed by atoms with van der Waals surface area (Å²) in [7, 11) is 0. The van der Waals surface area contributed by atoms with Crippen molar-refractivity contribution < 1.29 is 4.79 Å². The van der Waals surface area contributed by atoms with Crippen molar-refractivity contribution in [3.8, 4) is 0 Å². The molecule has 0 aliphatic rings. The second-order valence-corrected chi connectivity index (χ2v) is 2.68. The molecule has 0 bridgehead atoms. The van der Waals surface area contributed by atoms with E-state index >= 15 is 0 Å². The number of rotatable bonds is 3. The molecule has 5 heteroatoms. The predicted octanol–water partition coefficient (Wildman–Crippen LogP) is -0.0147. The van der Waals surface area contributed by atoms with Crippen LogP contribution in [0.25, 0.3) is 0 Å². The standard InChI is InChI=1S/C8H12N4O/c1-2-5(9)6-3-4-11-8(12-6)7(10)13/h3-5H,2,9H2,1H3,(H2,10,13). The molecule has 70 valence electrons. The number of hydrogen-bond acceptors (Lipinski definition) is 4. The maximum atomic E-state index is 10.7. The van der Waals surface area contributed by atoms with Crippen molar-refractivity contribution in [1.29, 1.82) is 0 Å². The molecule has 0 aliphatic heterocycles. The van der Waals surface area contributed by atoms with Gasteiger partial charge in [-0.15, -0.1) is 0 Å². The highest BCUT2D eigenvalue weighted by Crippen LogP contribution is 2.09. The topological polar surface area (TPSA) is 94.9 Å². The van der Waals surface area contributed by atoms with E-state index in [9.17, 15) is 4.79 Å². The lowest BCUT2D eigenvalue weighted by molar-refractivity contribution is 0.0990. The van der Waals surface area contributed by atoms with Crippen molar-refractivity contribution in [2.24, 2.45) is 11.5 Å². The van der Waals surface area contributed by atoms with Gasteiger partial charge in [0.15, 0.2) is 0 Å². The molecule has 4 N–H and O–H groups in total. The minimum absolute atomic E-state index is 0.0152. The molecule has 1 amide bonds. The van der Waals surface area contributed by atoms with E-state index in [-0.39, 0.29) is 11.9 Å². The van der Waals surface area contributed by atoms with Crippen molar-refractivity contribution in [2.45, 2.75) is 19.4 Å². The summed E-state index contributed by atoms with van der Waals surface area (Å²) in [6, 6.07) is 1.52. The number of aromatic nitrogens is 2. The molecule has 1 heterocycles. The predicted molar refractivity (Wildman–Crippen MR) is 47.8 cm³/mol. The molecular weight excluding hydrogens is 168 g/mol. The first-order valence-corrected chi connectivity index (χ1v) is 4.03. The van der Waals surface area contributed by atoms with E-state index in [0.717, 1.165) is 6.42 Å². The van der Waals surface area contributed by atoms with E-state index < -0.39 is 5.91 Å². The Morgan fingerprint density at radius 2 is 2.38 bits per heavy atom. The fraction of sp³-hybridized carbons (Fsp3) is 0.375. The fourth-order valence-corrected chi connectivity index (χ4v) is 0.907. The van der Waals surface area contributed by atoms with Gasteiger partial charge in [0.25, 0.3) is 5.91 Å². The van der Waals surface area contributed by atoms with Gasteiger partial charge in [0.05, 0.1) is 5.69 Å². The van der Waals surface area contributed by atoms with Gasteiger partial charge in [-0.1, -0.05) is 6.92 Å². The van der Waals surface area contributed by atoms with Gasteiger partial charge in [-0.2, -0.15) is 0 Å². The average molecular weight is 180 g/mol. The largest absolute Gasteiger partial charge is 0.363 e. The average Bonchev–Trinajstić information content (AvgIpc) is 2.17. The summed E-state index contributed by atoms with van der Waals surface area (Å²) in [5, 5.41) is 0. The number of nitrogens with two attached hydrogens (primary N) is 2. The first-order valence-electron chi connectivity index (χ1n) is 4.03. The van der Waals surface area contributed by atoms with Crippen LogP contribution in [-0.2, 0) is 0 Å². The molecule has 13 heavy (non-hydrogen) atoms. The van der Waals surface area contributed by atoms with Crippen molar-refractivity contribution in [1.82, 2.24) is 9.97 Å². The molecule has 0 spiro atoms. The Balaban J connectivity index is 2.98. The molecule has 1 aromatic rings. The molecule has 0 saturated heterocycles. The van der Waals surface area contributed by atoms with Crippen LogP contribution in [0.4, 0.5) is 0 Å². The molecule has 0 fully saturated rings. The minimum atomic E-state index is -0.634. The van der Waals surface area contributed by atoms with Crippen LogP contribution < -0.4 is 11.5 Å². The number of amides is 1. The van der Waals surface area contributed by atoms with Gasteiger partial charge in [-0.25, -0.2) is 9.97 Å². The van der Waals surface area contributed by atoms with Crippen LogP contribution in [-0.4, -0.2) is 15.9 Å². The molecule has 5 nitrogen and oxygen atoms in total. The minimum Gasteiger partial charge on any atom is -0.363 e. The Kier molecular flexibility index (Phi) is 2.92. The zero-order valence-corrected chi connectivity index (χ0v) is 7.40. The molecule has 1 unspecified atom stereocenters. The van der Waals surface area contributed by atoms with Crippen LogP contribution in [0.5, 0.6) is 0 Å². The molecule has 0 aliphatic carbocycles. The lowest BCUT2D eigenvalue weighted by Gasteiger charge is -2.07. The van der Waals surface area contributed by atoms with E-state index in [1.54, 1.807) is 6.07 Å². The van der Waals surface area contributed by atoms with Gasteiger partial charge in [-0.3, -0.25) is 4.79 Å². The Hall–Kier alpha value is -1.49. The van der Waals surface area contributed by atoms with Crippen LogP contribution in [0.15, 0.2) is 12.3 Å². The highest BCUT2D eigenvalue weighted by molar-refractivity contribution is 5.88. The van der Waals surface area contributed by atoms with Crippen LogP contribution >= 0.6 is 0 Å².